The molecule has 30 heavy (non-hydrogen) atoms. The number of aryl methyl sites for hydroxylation is 1. The van der Waals surface area contributed by atoms with Gasteiger partial charge >= 0.3 is 6.03 Å². The lowest BCUT2D eigenvalue weighted by atomic mass is 9.92. The topological polar surface area (TPSA) is 79.4 Å². The zero-order valence-electron chi connectivity index (χ0n) is 18.1. The van der Waals surface area contributed by atoms with E-state index in [1.54, 1.807) is 0 Å². The van der Waals surface area contributed by atoms with E-state index in [0.29, 0.717) is 25.1 Å². The standard InChI is InChI=1S/C23H31N5O2/c1-4-23(3)19-14-24-21(26-18-9-11-30-12-10-18)27-20(19)15-28(23)22(29)25-13-17-7-5-16(2)6-8-17/h5-8,14,18H,4,9-13,15H2,1-3H3,(H,25,29)(H,24,26,27). The molecule has 2 aliphatic heterocycles. The van der Waals surface area contributed by atoms with Gasteiger partial charge in [0.05, 0.1) is 17.8 Å². The predicted octanol–water partition coefficient (Wildman–Crippen LogP) is 3.73. The van der Waals surface area contributed by atoms with E-state index in [9.17, 15) is 4.79 Å². The molecular formula is C23H31N5O2. The molecule has 0 radical (unpaired) electrons. The molecule has 2 N–H and O–H groups in total. The Morgan fingerprint density at radius 1 is 1.27 bits per heavy atom. The Bertz CT molecular complexity index is 895. The molecule has 0 spiro atoms. The highest BCUT2D eigenvalue weighted by atomic mass is 16.5. The van der Waals surface area contributed by atoms with Gasteiger partial charge in [-0.3, -0.25) is 0 Å². The van der Waals surface area contributed by atoms with Gasteiger partial charge in [0.25, 0.3) is 0 Å². The van der Waals surface area contributed by atoms with Crippen molar-refractivity contribution in [1.29, 1.82) is 0 Å². The van der Waals surface area contributed by atoms with Gasteiger partial charge in [-0.05, 0) is 38.7 Å². The van der Waals surface area contributed by atoms with Gasteiger partial charge in [0, 0.05) is 37.6 Å². The Balaban J connectivity index is 1.46. The van der Waals surface area contributed by atoms with Gasteiger partial charge in [-0.1, -0.05) is 36.8 Å². The SMILES string of the molecule is CCC1(C)c2cnc(NC3CCOCC3)nc2CN1C(=O)NCc1ccc(C)cc1. The number of hydrogen-bond donors (Lipinski definition) is 2. The van der Waals surface area contributed by atoms with Crippen LogP contribution in [0, 0.1) is 6.92 Å². The summed E-state index contributed by atoms with van der Waals surface area (Å²) in [7, 11) is 0. The molecule has 1 unspecified atom stereocenters. The van der Waals surface area contributed by atoms with Gasteiger partial charge in [-0.15, -0.1) is 0 Å². The Morgan fingerprint density at radius 2 is 2.00 bits per heavy atom. The number of nitrogens with one attached hydrogen (secondary N) is 2. The molecular weight excluding hydrogens is 378 g/mol. The molecule has 1 atom stereocenters. The fourth-order valence-electron chi connectivity index (χ4n) is 4.21. The second-order valence-electron chi connectivity index (χ2n) is 8.44. The molecule has 0 saturated carbocycles. The Labute approximate surface area is 178 Å². The Morgan fingerprint density at radius 3 is 2.70 bits per heavy atom. The minimum absolute atomic E-state index is 0.0723. The summed E-state index contributed by atoms with van der Waals surface area (Å²) in [5, 5.41) is 6.50. The highest BCUT2D eigenvalue weighted by Crippen LogP contribution is 2.40. The normalized spacial score (nSPS) is 21.4. The Hall–Kier alpha value is -2.67. The van der Waals surface area contributed by atoms with Crippen LogP contribution in [0.1, 0.15) is 55.5 Å². The van der Waals surface area contributed by atoms with Crippen molar-refractivity contribution < 1.29 is 9.53 Å². The molecule has 1 fully saturated rings. The highest BCUT2D eigenvalue weighted by molar-refractivity contribution is 5.76. The molecule has 2 amide bonds. The van der Waals surface area contributed by atoms with Gasteiger partial charge in [0.1, 0.15) is 0 Å². The molecule has 2 aliphatic rings. The van der Waals surface area contributed by atoms with E-state index in [4.69, 9.17) is 9.72 Å². The fraction of sp³-hybridized carbons (Fsp3) is 0.522. The number of benzene rings is 1. The smallest absolute Gasteiger partial charge is 0.318 e. The Kier molecular flexibility index (Phi) is 5.90. The first-order valence-corrected chi connectivity index (χ1v) is 10.8. The number of carbonyl (C=O) groups is 1. The van der Waals surface area contributed by atoms with Crippen LogP contribution in [0.25, 0.3) is 0 Å². The maximum atomic E-state index is 13.1. The number of ether oxygens (including phenoxy) is 1. The molecule has 2 aromatic rings. The van der Waals surface area contributed by atoms with Crippen molar-refractivity contribution in [3.8, 4) is 0 Å². The zero-order chi connectivity index (χ0) is 21.1. The lowest BCUT2D eigenvalue weighted by Gasteiger charge is -2.34. The average molecular weight is 410 g/mol. The first-order valence-electron chi connectivity index (χ1n) is 10.8. The number of rotatable bonds is 5. The van der Waals surface area contributed by atoms with Crippen LogP contribution in [0.4, 0.5) is 10.7 Å². The van der Waals surface area contributed by atoms with Crippen molar-refractivity contribution in [2.24, 2.45) is 0 Å². The molecule has 1 aromatic heterocycles. The number of carbonyl (C=O) groups excluding carboxylic acids is 1. The molecule has 1 aromatic carbocycles. The summed E-state index contributed by atoms with van der Waals surface area (Å²) in [5.74, 6) is 0.640. The third kappa shape index (κ3) is 4.12. The van der Waals surface area contributed by atoms with Crippen molar-refractivity contribution in [1.82, 2.24) is 20.2 Å². The van der Waals surface area contributed by atoms with Gasteiger partial charge < -0.3 is 20.3 Å². The van der Waals surface area contributed by atoms with Crippen LogP contribution in [-0.2, 0) is 23.4 Å². The van der Waals surface area contributed by atoms with Crippen LogP contribution in [0.5, 0.6) is 0 Å². The number of nitrogens with zero attached hydrogens (tertiary/aromatic N) is 3. The van der Waals surface area contributed by atoms with Crippen molar-refractivity contribution in [3.63, 3.8) is 0 Å². The molecule has 3 heterocycles. The molecule has 160 valence electrons. The van der Waals surface area contributed by atoms with Crippen molar-refractivity contribution in [2.45, 2.75) is 64.7 Å². The van der Waals surface area contributed by atoms with Crippen LogP contribution >= 0.6 is 0 Å². The van der Waals surface area contributed by atoms with Crippen LogP contribution in [-0.4, -0.2) is 40.2 Å². The van der Waals surface area contributed by atoms with Gasteiger partial charge in [0.2, 0.25) is 5.95 Å². The van der Waals surface area contributed by atoms with Gasteiger partial charge in [-0.2, -0.15) is 0 Å². The minimum Gasteiger partial charge on any atom is -0.381 e. The minimum atomic E-state index is -0.413. The van der Waals surface area contributed by atoms with E-state index < -0.39 is 5.54 Å². The second kappa shape index (κ2) is 8.60. The third-order valence-corrected chi connectivity index (χ3v) is 6.40. The van der Waals surface area contributed by atoms with E-state index >= 15 is 0 Å². The number of aromatic nitrogens is 2. The lowest BCUT2D eigenvalue weighted by Crippen LogP contribution is -2.47. The molecule has 4 rings (SSSR count). The molecule has 0 aliphatic carbocycles. The van der Waals surface area contributed by atoms with Crippen molar-refractivity contribution in [2.75, 3.05) is 18.5 Å². The van der Waals surface area contributed by atoms with Crippen molar-refractivity contribution >= 4 is 12.0 Å². The van der Waals surface area contributed by atoms with Crippen LogP contribution in [0.2, 0.25) is 0 Å². The summed E-state index contributed by atoms with van der Waals surface area (Å²) < 4.78 is 5.42. The van der Waals surface area contributed by atoms with Gasteiger partial charge in [-0.25, -0.2) is 14.8 Å². The molecule has 1 saturated heterocycles. The summed E-state index contributed by atoms with van der Waals surface area (Å²) in [5.41, 5.74) is 3.85. The monoisotopic (exact) mass is 409 g/mol. The van der Waals surface area contributed by atoms with E-state index in [1.165, 1.54) is 5.56 Å². The first kappa shape index (κ1) is 20.6. The van der Waals surface area contributed by atoms with E-state index in [1.807, 2.05) is 23.2 Å². The maximum absolute atomic E-state index is 13.1. The van der Waals surface area contributed by atoms with Gasteiger partial charge in [0.15, 0.2) is 0 Å². The number of fused-ring (bicyclic) bond motifs is 1. The number of hydrogen-bond acceptors (Lipinski definition) is 5. The molecule has 7 heteroatoms. The van der Waals surface area contributed by atoms with Crippen LogP contribution < -0.4 is 10.6 Å². The van der Waals surface area contributed by atoms with E-state index in [2.05, 4.69) is 48.5 Å². The fourth-order valence-corrected chi connectivity index (χ4v) is 4.21. The predicted molar refractivity (Wildman–Crippen MR) is 116 cm³/mol. The highest BCUT2D eigenvalue weighted by Gasteiger charge is 2.44. The second-order valence-corrected chi connectivity index (χ2v) is 8.44. The average Bonchev–Trinajstić information content (AvgIpc) is 3.06. The van der Waals surface area contributed by atoms with Crippen molar-refractivity contribution in [3.05, 3.63) is 52.8 Å². The summed E-state index contributed by atoms with van der Waals surface area (Å²) in [6.45, 7) is 8.79. The summed E-state index contributed by atoms with van der Waals surface area (Å²) >= 11 is 0. The lowest BCUT2D eigenvalue weighted by molar-refractivity contribution is 0.0903. The largest absolute Gasteiger partial charge is 0.381 e. The van der Waals surface area contributed by atoms with Crippen LogP contribution in [0.3, 0.4) is 0 Å². The summed E-state index contributed by atoms with van der Waals surface area (Å²) in [6.07, 6.45) is 4.61. The third-order valence-electron chi connectivity index (χ3n) is 6.40. The zero-order valence-corrected chi connectivity index (χ0v) is 18.1. The quantitative estimate of drug-likeness (QED) is 0.787. The van der Waals surface area contributed by atoms with E-state index in [-0.39, 0.29) is 6.03 Å². The first-order chi connectivity index (χ1) is 14.5. The summed E-state index contributed by atoms with van der Waals surface area (Å²) in [6, 6.07) is 8.49. The molecule has 0 bridgehead atoms. The number of anilines is 1. The number of urea groups is 1. The maximum Gasteiger partial charge on any atom is 0.318 e. The molecule has 7 nitrogen and oxygen atoms in total. The number of amides is 2. The summed E-state index contributed by atoms with van der Waals surface area (Å²) in [4.78, 5) is 24.3. The van der Waals surface area contributed by atoms with Crippen LogP contribution in [0.15, 0.2) is 30.5 Å². The van der Waals surface area contributed by atoms with E-state index in [0.717, 1.165) is 49.3 Å².